The molecule has 1 aromatic rings. The second-order valence-corrected chi connectivity index (χ2v) is 3.65. The van der Waals surface area contributed by atoms with Gasteiger partial charge in [-0.15, -0.1) is 0 Å². The maximum absolute atomic E-state index is 9.52. The maximum Gasteiger partial charge on any atom is 0.0859 e. The van der Waals surface area contributed by atoms with E-state index in [4.69, 9.17) is 0 Å². The Labute approximate surface area is 85.4 Å². The van der Waals surface area contributed by atoms with Crippen LogP contribution >= 0.6 is 0 Å². The van der Waals surface area contributed by atoms with E-state index in [1.54, 1.807) is 6.20 Å². The first-order valence-electron chi connectivity index (χ1n) is 4.87. The summed E-state index contributed by atoms with van der Waals surface area (Å²) in [5, 5.41) is 9.52. The van der Waals surface area contributed by atoms with Crippen molar-refractivity contribution >= 4 is 0 Å². The fourth-order valence-corrected chi connectivity index (χ4v) is 1.70. The predicted molar refractivity (Wildman–Crippen MR) is 57.0 cm³/mol. The van der Waals surface area contributed by atoms with E-state index in [-0.39, 0.29) is 12.1 Å². The zero-order valence-electron chi connectivity index (χ0n) is 9.07. The maximum atomic E-state index is 9.52. The molecule has 1 aromatic heterocycles. The quantitative estimate of drug-likeness (QED) is 0.783. The molecule has 1 unspecified atom stereocenters. The van der Waals surface area contributed by atoms with Crippen molar-refractivity contribution in [2.45, 2.75) is 18.9 Å². The highest BCUT2D eigenvalue weighted by molar-refractivity contribution is 5.15. The van der Waals surface area contributed by atoms with Gasteiger partial charge in [0.15, 0.2) is 0 Å². The number of likely N-dealkylation sites (N-methyl/N-ethyl adjacent to an activating group) is 1. The molecule has 3 heteroatoms. The minimum absolute atomic E-state index is 0.0908. The normalized spacial score (nSPS) is 15.5. The topological polar surface area (TPSA) is 36.4 Å². The Bertz CT molecular complexity index is 268. The van der Waals surface area contributed by atoms with Crippen LogP contribution in [0.25, 0.3) is 0 Å². The van der Waals surface area contributed by atoms with Crippen LogP contribution in [0.15, 0.2) is 24.4 Å². The van der Waals surface area contributed by atoms with Crippen molar-refractivity contribution in [1.29, 1.82) is 0 Å². The zero-order chi connectivity index (χ0) is 10.6. The lowest BCUT2D eigenvalue weighted by atomic mass is 9.91. The van der Waals surface area contributed by atoms with E-state index >= 15 is 0 Å². The van der Waals surface area contributed by atoms with Crippen LogP contribution in [-0.2, 0) is 5.54 Å². The lowest BCUT2D eigenvalue weighted by molar-refractivity contribution is 0.0586. The van der Waals surface area contributed by atoms with Crippen molar-refractivity contribution in [2.75, 3.05) is 20.7 Å². The van der Waals surface area contributed by atoms with Crippen LogP contribution < -0.4 is 0 Å². The van der Waals surface area contributed by atoms with Gasteiger partial charge in [-0.3, -0.25) is 9.88 Å². The van der Waals surface area contributed by atoms with Gasteiger partial charge in [0.1, 0.15) is 0 Å². The van der Waals surface area contributed by atoms with Crippen molar-refractivity contribution in [2.24, 2.45) is 0 Å². The van der Waals surface area contributed by atoms with Gasteiger partial charge >= 0.3 is 0 Å². The molecule has 0 saturated heterocycles. The second-order valence-electron chi connectivity index (χ2n) is 3.65. The van der Waals surface area contributed by atoms with Gasteiger partial charge in [-0.2, -0.15) is 0 Å². The van der Waals surface area contributed by atoms with E-state index < -0.39 is 0 Å². The molecule has 14 heavy (non-hydrogen) atoms. The van der Waals surface area contributed by atoms with E-state index in [9.17, 15) is 5.11 Å². The second kappa shape index (κ2) is 4.53. The first-order valence-corrected chi connectivity index (χ1v) is 4.87. The van der Waals surface area contributed by atoms with E-state index in [0.29, 0.717) is 0 Å². The van der Waals surface area contributed by atoms with Crippen LogP contribution in [-0.4, -0.2) is 35.7 Å². The molecule has 1 N–H and O–H groups in total. The molecule has 0 aliphatic heterocycles. The van der Waals surface area contributed by atoms with Crippen molar-refractivity contribution < 1.29 is 5.11 Å². The van der Waals surface area contributed by atoms with Crippen LogP contribution in [0, 0.1) is 0 Å². The predicted octanol–water partition coefficient (Wildman–Crippen LogP) is 1.24. The molecule has 0 aromatic carbocycles. The highest BCUT2D eigenvalue weighted by Crippen LogP contribution is 2.27. The summed E-state index contributed by atoms with van der Waals surface area (Å²) in [5.74, 6) is 0. The molecule has 1 atom stereocenters. The number of pyridine rings is 1. The van der Waals surface area contributed by atoms with E-state index in [1.165, 1.54) is 0 Å². The minimum atomic E-state index is -0.346. The minimum Gasteiger partial charge on any atom is -0.394 e. The Morgan fingerprint density at radius 2 is 2.14 bits per heavy atom. The summed E-state index contributed by atoms with van der Waals surface area (Å²) in [6, 6.07) is 5.79. The lowest BCUT2D eigenvalue weighted by Crippen LogP contribution is -2.44. The van der Waals surface area contributed by atoms with Crippen molar-refractivity contribution in [3.8, 4) is 0 Å². The van der Waals surface area contributed by atoms with Crippen LogP contribution in [0.3, 0.4) is 0 Å². The molecule has 0 radical (unpaired) electrons. The van der Waals surface area contributed by atoms with Gasteiger partial charge < -0.3 is 5.11 Å². The lowest BCUT2D eigenvalue weighted by Gasteiger charge is -2.36. The van der Waals surface area contributed by atoms with Gasteiger partial charge in [-0.25, -0.2) is 0 Å². The van der Waals surface area contributed by atoms with E-state index in [2.05, 4.69) is 11.9 Å². The Kier molecular flexibility index (Phi) is 3.61. The Hall–Kier alpha value is -0.930. The third-order valence-corrected chi connectivity index (χ3v) is 2.84. The van der Waals surface area contributed by atoms with Crippen LogP contribution in [0.4, 0.5) is 0 Å². The molecular formula is C11H18N2O. The molecule has 0 fully saturated rings. The summed E-state index contributed by atoms with van der Waals surface area (Å²) in [4.78, 5) is 6.34. The average molecular weight is 194 g/mol. The highest BCUT2D eigenvalue weighted by atomic mass is 16.3. The largest absolute Gasteiger partial charge is 0.394 e. The van der Waals surface area contributed by atoms with Gasteiger partial charge in [-0.1, -0.05) is 13.0 Å². The van der Waals surface area contributed by atoms with Crippen molar-refractivity contribution in [1.82, 2.24) is 9.88 Å². The van der Waals surface area contributed by atoms with Gasteiger partial charge in [0.05, 0.1) is 17.8 Å². The molecule has 0 bridgehead atoms. The standard InChI is InChI=1S/C11H18N2O/c1-4-11(9-14,13(2)3)10-7-5-6-8-12-10/h5-8,14H,4,9H2,1-3H3. The first kappa shape index (κ1) is 11.1. The fraction of sp³-hybridized carbons (Fsp3) is 0.545. The molecule has 0 aliphatic carbocycles. The monoisotopic (exact) mass is 194 g/mol. The summed E-state index contributed by atoms with van der Waals surface area (Å²) in [7, 11) is 3.93. The third-order valence-electron chi connectivity index (χ3n) is 2.84. The molecule has 3 nitrogen and oxygen atoms in total. The van der Waals surface area contributed by atoms with Crippen LogP contribution in [0.5, 0.6) is 0 Å². The smallest absolute Gasteiger partial charge is 0.0859 e. The molecule has 1 rings (SSSR count). The van der Waals surface area contributed by atoms with E-state index in [1.807, 2.05) is 37.2 Å². The molecule has 0 spiro atoms. The summed E-state index contributed by atoms with van der Waals surface area (Å²) in [6.45, 7) is 2.15. The highest BCUT2D eigenvalue weighted by Gasteiger charge is 2.33. The van der Waals surface area contributed by atoms with Crippen LogP contribution in [0.1, 0.15) is 19.0 Å². The van der Waals surface area contributed by atoms with Crippen molar-refractivity contribution in [3.05, 3.63) is 30.1 Å². The summed E-state index contributed by atoms with van der Waals surface area (Å²) >= 11 is 0. The number of aromatic nitrogens is 1. The molecule has 0 amide bonds. The fourth-order valence-electron chi connectivity index (χ4n) is 1.70. The number of aliphatic hydroxyl groups is 1. The number of hydrogen-bond donors (Lipinski definition) is 1. The van der Waals surface area contributed by atoms with Crippen molar-refractivity contribution in [3.63, 3.8) is 0 Å². The number of aliphatic hydroxyl groups excluding tert-OH is 1. The SMILES string of the molecule is CCC(CO)(c1ccccn1)N(C)C. The number of hydrogen-bond acceptors (Lipinski definition) is 3. The van der Waals surface area contributed by atoms with Gasteiger partial charge in [0.25, 0.3) is 0 Å². The van der Waals surface area contributed by atoms with Crippen LogP contribution in [0.2, 0.25) is 0 Å². The Balaban J connectivity index is 3.11. The number of rotatable bonds is 4. The van der Waals surface area contributed by atoms with Gasteiger partial charge in [-0.05, 0) is 32.6 Å². The molecule has 0 aliphatic rings. The molecule has 1 heterocycles. The number of nitrogens with zero attached hydrogens (tertiary/aromatic N) is 2. The summed E-state index contributed by atoms with van der Waals surface area (Å²) in [5.41, 5.74) is 0.580. The van der Waals surface area contributed by atoms with Gasteiger partial charge in [0, 0.05) is 6.20 Å². The Morgan fingerprint density at radius 1 is 1.43 bits per heavy atom. The summed E-state index contributed by atoms with van der Waals surface area (Å²) in [6.07, 6.45) is 2.60. The van der Waals surface area contributed by atoms with E-state index in [0.717, 1.165) is 12.1 Å². The first-order chi connectivity index (χ1) is 6.67. The molecular weight excluding hydrogens is 176 g/mol. The third kappa shape index (κ3) is 1.79. The van der Waals surface area contributed by atoms with Gasteiger partial charge in [0.2, 0.25) is 0 Å². The average Bonchev–Trinajstić information content (AvgIpc) is 2.22. The molecule has 78 valence electrons. The molecule has 0 saturated carbocycles. The summed E-state index contributed by atoms with van der Waals surface area (Å²) < 4.78 is 0. The zero-order valence-corrected chi connectivity index (χ0v) is 9.07. The Morgan fingerprint density at radius 3 is 2.50 bits per heavy atom.